The van der Waals surface area contributed by atoms with Gasteiger partial charge in [0.25, 0.3) is 5.91 Å². The molecule has 20 heavy (non-hydrogen) atoms. The van der Waals surface area contributed by atoms with Crippen LogP contribution in [0.3, 0.4) is 0 Å². The van der Waals surface area contributed by atoms with Gasteiger partial charge in [-0.25, -0.2) is 0 Å². The Bertz CT molecular complexity index is 599. The normalized spacial score (nSPS) is 10.1. The van der Waals surface area contributed by atoms with E-state index in [0.29, 0.717) is 12.3 Å². The number of pyridine rings is 1. The molecule has 0 spiro atoms. The van der Waals surface area contributed by atoms with Crippen LogP contribution in [0.5, 0.6) is 0 Å². The molecular weight excluding hydrogens is 254 g/mol. The minimum Gasteiger partial charge on any atom is -0.388 e. The monoisotopic (exact) mass is 271 g/mol. The van der Waals surface area contributed by atoms with Crippen LogP contribution < -0.4 is 10.6 Å². The zero-order valence-corrected chi connectivity index (χ0v) is 11.5. The molecule has 0 radical (unpaired) electrons. The van der Waals surface area contributed by atoms with E-state index >= 15 is 0 Å². The standard InChI is InChI=1S/C15H17N3O2/c1-16-12-6-7-17-14(9-12)15(19)18-13-5-3-4-11(8-13)10-20-2/h3-9H,10H2,1-2H3,(H,16,17)(H,18,19). The molecule has 1 amide bonds. The van der Waals surface area contributed by atoms with Gasteiger partial charge in [0.05, 0.1) is 6.61 Å². The molecule has 5 heteroatoms. The second-order valence-corrected chi connectivity index (χ2v) is 4.27. The van der Waals surface area contributed by atoms with Crippen LogP contribution in [-0.4, -0.2) is 25.0 Å². The van der Waals surface area contributed by atoms with Gasteiger partial charge in [-0.15, -0.1) is 0 Å². The van der Waals surface area contributed by atoms with Gasteiger partial charge in [-0.3, -0.25) is 9.78 Å². The molecule has 2 aromatic rings. The third-order valence-electron chi connectivity index (χ3n) is 2.78. The van der Waals surface area contributed by atoms with E-state index in [0.717, 1.165) is 16.9 Å². The van der Waals surface area contributed by atoms with Crippen molar-refractivity contribution in [1.29, 1.82) is 0 Å². The van der Waals surface area contributed by atoms with E-state index in [4.69, 9.17) is 4.74 Å². The summed E-state index contributed by atoms with van der Waals surface area (Å²) >= 11 is 0. The third-order valence-corrected chi connectivity index (χ3v) is 2.78. The lowest BCUT2D eigenvalue weighted by Gasteiger charge is -2.07. The SMILES string of the molecule is CNc1ccnc(C(=O)Nc2cccc(COC)c2)c1. The van der Waals surface area contributed by atoms with Crippen LogP contribution in [0.15, 0.2) is 42.6 Å². The van der Waals surface area contributed by atoms with Gasteiger partial charge in [0.1, 0.15) is 5.69 Å². The first-order chi connectivity index (χ1) is 9.72. The molecule has 104 valence electrons. The number of aromatic nitrogens is 1. The Morgan fingerprint density at radius 2 is 2.10 bits per heavy atom. The van der Waals surface area contributed by atoms with Gasteiger partial charge < -0.3 is 15.4 Å². The predicted octanol–water partition coefficient (Wildman–Crippen LogP) is 2.52. The molecule has 2 rings (SSSR count). The topological polar surface area (TPSA) is 63.2 Å². The van der Waals surface area contributed by atoms with Gasteiger partial charge in [-0.1, -0.05) is 12.1 Å². The summed E-state index contributed by atoms with van der Waals surface area (Å²) in [5.41, 5.74) is 2.94. The van der Waals surface area contributed by atoms with Crippen LogP contribution in [0, 0.1) is 0 Å². The largest absolute Gasteiger partial charge is 0.388 e. The maximum atomic E-state index is 12.1. The van der Waals surface area contributed by atoms with Gasteiger partial charge in [-0.2, -0.15) is 0 Å². The van der Waals surface area contributed by atoms with Gasteiger partial charge >= 0.3 is 0 Å². The number of hydrogen-bond donors (Lipinski definition) is 2. The van der Waals surface area contributed by atoms with Gasteiger partial charge in [-0.05, 0) is 29.8 Å². The fourth-order valence-electron chi connectivity index (χ4n) is 1.81. The molecule has 1 aromatic heterocycles. The second kappa shape index (κ2) is 6.68. The third kappa shape index (κ3) is 3.55. The zero-order valence-electron chi connectivity index (χ0n) is 11.5. The number of rotatable bonds is 5. The highest BCUT2D eigenvalue weighted by Crippen LogP contribution is 2.13. The lowest BCUT2D eigenvalue weighted by atomic mass is 10.2. The number of benzene rings is 1. The van der Waals surface area contributed by atoms with Crippen molar-refractivity contribution in [2.24, 2.45) is 0 Å². The fourth-order valence-corrected chi connectivity index (χ4v) is 1.81. The molecule has 0 atom stereocenters. The van der Waals surface area contributed by atoms with Crippen LogP contribution in [0.2, 0.25) is 0 Å². The van der Waals surface area contributed by atoms with E-state index in [1.54, 1.807) is 32.5 Å². The Kier molecular flexibility index (Phi) is 4.68. The maximum Gasteiger partial charge on any atom is 0.274 e. The van der Waals surface area contributed by atoms with Crippen molar-refractivity contribution in [3.05, 3.63) is 53.9 Å². The van der Waals surface area contributed by atoms with E-state index in [2.05, 4.69) is 15.6 Å². The molecule has 0 saturated carbocycles. The highest BCUT2D eigenvalue weighted by atomic mass is 16.5. The molecule has 1 heterocycles. The van der Waals surface area contributed by atoms with E-state index in [1.165, 1.54) is 0 Å². The first kappa shape index (κ1) is 14.0. The molecule has 1 aromatic carbocycles. The van der Waals surface area contributed by atoms with E-state index < -0.39 is 0 Å². The summed E-state index contributed by atoms with van der Waals surface area (Å²) in [6.07, 6.45) is 1.60. The zero-order chi connectivity index (χ0) is 14.4. The van der Waals surface area contributed by atoms with Crippen molar-refractivity contribution in [3.63, 3.8) is 0 Å². The summed E-state index contributed by atoms with van der Waals surface area (Å²) in [6, 6.07) is 11.0. The summed E-state index contributed by atoms with van der Waals surface area (Å²) in [7, 11) is 3.43. The molecule has 0 unspecified atom stereocenters. The lowest BCUT2D eigenvalue weighted by Crippen LogP contribution is -2.14. The van der Waals surface area contributed by atoms with Crippen LogP contribution in [0.1, 0.15) is 16.1 Å². The number of anilines is 2. The van der Waals surface area contributed by atoms with Crippen LogP contribution in [0.25, 0.3) is 0 Å². The molecule has 0 fully saturated rings. The van der Waals surface area contributed by atoms with Crippen LogP contribution in [0.4, 0.5) is 11.4 Å². The van der Waals surface area contributed by atoms with E-state index in [-0.39, 0.29) is 5.91 Å². The smallest absolute Gasteiger partial charge is 0.274 e. The number of ether oxygens (including phenoxy) is 1. The van der Waals surface area contributed by atoms with Crippen LogP contribution in [-0.2, 0) is 11.3 Å². The van der Waals surface area contributed by atoms with Crippen molar-refractivity contribution in [2.75, 3.05) is 24.8 Å². The highest BCUT2D eigenvalue weighted by molar-refractivity contribution is 6.03. The van der Waals surface area contributed by atoms with Gasteiger partial charge in [0.2, 0.25) is 0 Å². The Balaban J connectivity index is 2.12. The Hall–Kier alpha value is -2.40. The van der Waals surface area contributed by atoms with Gasteiger partial charge in [0, 0.05) is 31.7 Å². The molecule has 2 N–H and O–H groups in total. The summed E-state index contributed by atoms with van der Waals surface area (Å²) in [5.74, 6) is -0.239. The first-order valence-corrected chi connectivity index (χ1v) is 6.26. The molecule has 0 bridgehead atoms. The number of carbonyl (C=O) groups excluding carboxylic acids is 1. The van der Waals surface area contributed by atoms with E-state index in [9.17, 15) is 4.79 Å². The van der Waals surface area contributed by atoms with Crippen molar-refractivity contribution >= 4 is 17.3 Å². The molecule has 0 aliphatic rings. The predicted molar refractivity (Wildman–Crippen MR) is 78.9 cm³/mol. The summed E-state index contributed by atoms with van der Waals surface area (Å²) in [5, 5.41) is 5.80. The fraction of sp³-hybridized carbons (Fsp3) is 0.200. The Morgan fingerprint density at radius 1 is 1.25 bits per heavy atom. The Labute approximate surface area is 118 Å². The van der Waals surface area contributed by atoms with E-state index in [1.807, 2.05) is 24.3 Å². The van der Waals surface area contributed by atoms with Gasteiger partial charge in [0.15, 0.2) is 0 Å². The number of nitrogens with one attached hydrogen (secondary N) is 2. The van der Waals surface area contributed by atoms with Crippen molar-refractivity contribution in [3.8, 4) is 0 Å². The number of nitrogens with zero attached hydrogens (tertiary/aromatic N) is 1. The second-order valence-electron chi connectivity index (χ2n) is 4.27. The first-order valence-electron chi connectivity index (χ1n) is 6.26. The quantitative estimate of drug-likeness (QED) is 0.877. The average Bonchev–Trinajstić information content (AvgIpc) is 2.48. The molecule has 0 aliphatic carbocycles. The molecule has 5 nitrogen and oxygen atoms in total. The van der Waals surface area contributed by atoms with Crippen molar-refractivity contribution in [2.45, 2.75) is 6.61 Å². The summed E-state index contributed by atoms with van der Waals surface area (Å²) in [6.45, 7) is 0.511. The number of amides is 1. The summed E-state index contributed by atoms with van der Waals surface area (Å²) < 4.78 is 5.07. The summed E-state index contributed by atoms with van der Waals surface area (Å²) in [4.78, 5) is 16.2. The minimum absolute atomic E-state index is 0.239. The number of hydrogen-bond acceptors (Lipinski definition) is 4. The van der Waals surface area contributed by atoms with Crippen molar-refractivity contribution < 1.29 is 9.53 Å². The Morgan fingerprint density at radius 3 is 2.85 bits per heavy atom. The molecule has 0 saturated heterocycles. The lowest BCUT2D eigenvalue weighted by molar-refractivity contribution is 0.102. The highest BCUT2D eigenvalue weighted by Gasteiger charge is 2.08. The number of carbonyl (C=O) groups is 1. The average molecular weight is 271 g/mol. The van der Waals surface area contributed by atoms with Crippen LogP contribution >= 0.6 is 0 Å². The van der Waals surface area contributed by atoms with Crippen molar-refractivity contribution in [1.82, 2.24) is 4.98 Å². The number of methoxy groups -OCH3 is 1. The minimum atomic E-state index is -0.239. The molecule has 0 aliphatic heterocycles. The molecular formula is C15H17N3O2. The maximum absolute atomic E-state index is 12.1.